The number of rotatable bonds is 3. The molecule has 0 fully saturated rings. The molecule has 2 aromatic carbocycles. The first kappa shape index (κ1) is 14.3. The minimum absolute atomic E-state index is 0.435. The van der Waals surface area contributed by atoms with E-state index in [1.54, 1.807) is 0 Å². The van der Waals surface area contributed by atoms with Crippen LogP contribution in [-0.2, 0) is 6.54 Å². The van der Waals surface area contributed by atoms with Crippen molar-refractivity contribution < 1.29 is 0 Å². The highest BCUT2D eigenvalue weighted by atomic mass is 79.9. The molecular formula is C16H13BrClN3. The summed E-state index contributed by atoms with van der Waals surface area (Å²) in [5.41, 5.74) is 1.20. The fourth-order valence-electron chi connectivity index (χ4n) is 2.32. The Hall–Kier alpha value is -1.65. The van der Waals surface area contributed by atoms with E-state index in [0.717, 1.165) is 27.6 Å². The molecule has 1 heterocycles. The summed E-state index contributed by atoms with van der Waals surface area (Å²) < 4.78 is 1.07. The molecule has 0 aliphatic carbocycles. The molecule has 1 aromatic heterocycles. The van der Waals surface area contributed by atoms with Crippen LogP contribution in [0.2, 0.25) is 5.15 Å². The molecule has 0 spiro atoms. The summed E-state index contributed by atoms with van der Waals surface area (Å²) in [6.07, 6.45) is 0. The van der Waals surface area contributed by atoms with E-state index in [9.17, 15) is 0 Å². The van der Waals surface area contributed by atoms with Crippen molar-refractivity contribution in [1.82, 2.24) is 10.2 Å². The van der Waals surface area contributed by atoms with E-state index < -0.39 is 0 Å². The molecule has 0 radical (unpaired) electrons. The summed E-state index contributed by atoms with van der Waals surface area (Å²) in [6, 6.07) is 16.1. The van der Waals surface area contributed by atoms with Gasteiger partial charge in [-0.25, -0.2) is 0 Å². The van der Waals surface area contributed by atoms with Gasteiger partial charge in [0.2, 0.25) is 0 Å². The van der Waals surface area contributed by atoms with Crippen molar-refractivity contribution in [3.05, 3.63) is 63.7 Å². The molecule has 0 bridgehead atoms. The van der Waals surface area contributed by atoms with Gasteiger partial charge in [0, 0.05) is 28.8 Å². The minimum atomic E-state index is 0.435. The molecule has 5 heteroatoms. The average molecular weight is 363 g/mol. The standard InChI is InChI=1S/C16H13BrClN3/c1-21(10-11-5-4-6-12(17)9-11)16-14-8-3-2-7-13(14)15(18)19-20-16/h2-9H,10H2,1H3. The van der Waals surface area contributed by atoms with Gasteiger partial charge in [-0.05, 0) is 17.7 Å². The molecule has 3 rings (SSSR count). The van der Waals surface area contributed by atoms with E-state index >= 15 is 0 Å². The first-order chi connectivity index (χ1) is 10.1. The predicted molar refractivity (Wildman–Crippen MR) is 90.8 cm³/mol. The first-order valence-electron chi connectivity index (χ1n) is 6.51. The highest BCUT2D eigenvalue weighted by molar-refractivity contribution is 9.10. The van der Waals surface area contributed by atoms with Crippen LogP contribution in [0, 0.1) is 0 Å². The number of hydrogen-bond donors (Lipinski definition) is 0. The van der Waals surface area contributed by atoms with Gasteiger partial charge in [0.05, 0.1) is 0 Å². The van der Waals surface area contributed by atoms with Crippen LogP contribution >= 0.6 is 27.5 Å². The van der Waals surface area contributed by atoms with E-state index in [0.29, 0.717) is 5.15 Å². The second-order valence-electron chi connectivity index (χ2n) is 4.85. The van der Waals surface area contributed by atoms with Crippen molar-refractivity contribution in [2.45, 2.75) is 6.54 Å². The zero-order valence-electron chi connectivity index (χ0n) is 11.4. The van der Waals surface area contributed by atoms with Crippen LogP contribution in [0.15, 0.2) is 53.0 Å². The Kier molecular flexibility index (Phi) is 4.08. The summed E-state index contributed by atoms with van der Waals surface area (Å²) in [7, 11) is 2.01. The number of fused-ring (bicyclic) bond motifs is 1. The number of aromatic nitrogens is 2. The third kappa shape index (κ3) is 3.01. The number of nitrogens with zero attached hydrogens (tertiary/aromatic N) is 3. The summed E-state index contributed by atoms with van der Waals surface area (Å²) >= 11 is 9.61. The molecule has 3 aromatic rings. The van der Waals surface area contributed by atoms with E-state index in [2.05, 4.69) is 43.2 Å². The minimum Gasteiger partial charge on any atom is -0.353 e. The monoisotopic (exact) mass is 361 g/mol. The van der Waals surface area contributed by atoms with Crippen LogP contribution in [0.3, 0.4) is 0 Å². The topological polar surface area (TPSA) is 29.0 Å². The smallest absolute Gasteiger partial charge is 0.159 e. The largest absolute Gasteiger partial charge is 0.353 e. The molecule has 21 heavy (non-hydrogen) atoms. The molecule has 0 unspecified atom stereocenters. The lowest BCUT2D eigenvalue weighted by Crippen LogP contribution is -2.18. The highest BCUT2D eigenvalue weighted by Gasteiger charge is 2.11. The Morgan fingerprint density at radius 3 is 2.57 bits per heavy atom. The lowest BCUT2D eigenvalue weighted by atomic mass is 10.1. The Bertz CT molecular complexity index is 791. The van der Waals surface area contributed by atoms with E-state index in [4.69, 9.17) is 11.6 Å². The van der Waals surface area contributed by atoms with Crippen molar-refractivity contribution in [2.24, 2.45) is 0 Å². The van der Waals surface area contributed by atoms with Crippen molar-refractivity contribution >= 4 is 44.1 Å². The SMILES string of the molecule is CN(Cc1cccc(Br)c1)c1nnc(Cl)c2ccccc12. The van der Waals surface area contributed by atoms with Gasteiger partial charge >= 0.3 is 0 Å². The second-order valence-corrected chi connectivity index (χ2v) is 6.12. The van der Waals surface area contributed by atoms with Gasteiger partial charge in [0.25, 0.3) is 0 Å². The molecule has 106 valence electrons. The van der Waals surface area contributed by atoms with Crippen LogP contribution in [-0.4, -0.2) is 17.2 Å². The summed E-state index contributed by atoms with van der Waals surface area (Å²) in [5, 5.41) is 10.7. The number of anilines is 1. The zero-order chi connectivity index (χ0) is 14.8. The molecule has 0 aliphatic heterocycles. The van der Waals surface area contributed by atoms with Crippen LogP contribution < -0.4 is 4.90 Å². The maximum Gasteiger partial charge on any atom is 0.159 e. The Morgan fingerprint density at radius 1 is 1.05 bits per heavy atom. The van der Waals surface area contributed by atoms with Crippen LogP contribution in [0.1, 0.15) is 5.56 Å². The molecular weight excluding hydrogens is 350 g/mol. The zero-order valence-corrected chi connectivity index (χ0v) is 13.8. The van der Waals surface area contributed by atoms with Crippen molar-refractivity contribution in [3.8, 4) is 0 Å². The fourth-order valence-corrected chi connectivity index (χ4v) is 2.97. The van der Waals surface area contributed by atoms with Crippen molar-refractivity contribution in [1.29, 1.82) is 0 Å². The first-order valence-corrected chi connectivity index (χ1v) is 7.69. The van der Waals surface area contributed by atoms with E-state index in [1.807, 2.05) is 43.4 Å². The Morgan fingerprint density at radius 2 is 1.81 bits per heavy atom. The molecule has 0 N–H and O–H groups in total. The summed E-state index contributed by atoms with van der Waals surface area (Å²) in [5.74, 6) is 0.829. The molecule has 0 atom stereocenters. The number of halogens is 2. The molecule has 3 nitrogen and oxygen atoms in total. The van der Waals surface area contributed by atoms with Gasteiger partial charge < -0.3 is 4.90 Å². The average Bonchev–Trinajstić information content (AvgIpc) is 2.48. The molecule has 0 saturated heterocycles. The Balaban J connectivity index is 1.98. The highest BCUT2D eigenvalue weighted by Crippen LogP contribution is 2.28. The third-order valence-corrected chi connectivity index (χ3v) is 4.07. The van der Waals surface area contributed by atoms with E-state index in [-0.39, 0.29) is 0 Å². The quantitative estimate of drug-likeness (QED) is 0.677. The van der Waals surface area contributed by atoms with Crippen LogP contribution in [0.25, 0.3) is 10.8 Å². The summed E-state index contributed by atoms with van der Waals surface area (Å²) in [4.78, 5) is 2.08. The van der Waals surface area contributed by atoms with Gasteiger partial charge in [-0.2, -0.15) is 0 Å². The van der Waals surface area contributed by atoms with Gasteiger partial charge in [-0.15, -0.1) is 10.2 Å². The predicted octanol–water partition coefficient (Wildman–Crippen LogP) is 4.68. The third-order valence-electron chi connectivity index (χ3n) is 3.29. The number of benzene rings is 2. The normalized spacial score (nSPS) is 10.8. The maximum atomic E-state index is 6.12. The Labute approximate surface area is 136 Å². The lowest BCUT2D eigenvalue weighted by Gasteiger charge is -2.19. The second kappa shape index (κ2) is 6.00. The van der Waals surface area contributed by atoms with Crippen LogP contribution in [0.4, 0.5) is 5.82 Å². The van der Waals surface area contributed by atoms with Crippen molar-refractivity contribution in [3.63, 3.8) is 0 Å². The maximum absolute atomic E-state index is 6.12. The van der Waals surface area contributed by atoms with Gasteiger partial charge in [0.15, 0.2) is 11.0 Å². The van der Waals surface area contributed by atoms with Gasteiger partial charge in [0.1, 0.15) is 0 Å². The fraction of sp³-hybridized carbons (Fsp3) is 0.125. The van der Waals surface area contributed by atoms with Gasteiger partial charge in [-0.3, -0.25) is 0 Å². The molecule has 0 amide bonds. The van der Waals surface area contributed by atoms with Crippen LogP contribution in [0.5, 0.6) is 0 Å². The van der Waals surface area contributed by atoms with Gasteiger partial charge in [-0.1, -0.05) is 63.9 Å². The number of hydrogen-bond acceptors (Lipinski definition) is 3. The lowest BCUT2D eigenvalue weighted by molar-refractivity contribution is 0.876. The molecule has 0 aliphatic rings. The summed E-state index contributed by atoms with van der Waals surface area (Å²) in [6.45, 7) is 0.750. The van der Waals surface area contributed by atoms with Crippen molar-refractivity contribution in [2.75, 3.05) is 11.9 Å². The molecule has 0 saturated carbocycles. The van der Waals surface area contributed by atoms with E-state index in [1.165, 1.54) is 5.56 Å².